The van der Waals surface area contributed by atoms with E-state index in [1.54, 1.807) is 0 Å². The van der Waals surface area contributed by atoms with Crippen molar-refractivity contribution in [3.8, 4) is 0 Å². The van der Waals surface area contributed by atoms with E-state index in [2.05, 4.69) is 20.5 Å². The van der Waals surface area contributed by atoms with Crippen molar-refractivity contribution in [2.24, 2.45) is 0 Å². The minimum absolute atomic E-state index is 0.0402. The molecule has 0 bridgehead atoms. The van der Waals surface area contributed by atoms with Gasteiger partial charge in [0.2, 0.25) is 5.91 Å². The van der Waals surface area contributed by atoms with E-state index in [-0.39, 0.29) is 5.91 Å². The Morgan fingerprint density at radius 2 is 1.91 bits per heavy atom. The van der Waals surface area contributed by atoms with Crippen molar-refractivity contribution < 1.29 is 4.79 Å². The molecule has 0 radical (unpaired) electrons. The smallest absolute Gasteiger partial charge is 0.226 e. The second kappa shape index (κ2) is 5.14. The molecule has 2 aromatic carbocycles. The molecule has 1 N–H and O–H groups in total. The normalized spacial score (nSPS) is 14.5. The van der Waals surface area contributed by atoms with Gasteiger partial charge in [-0.05, 0) is 24.3 Å². The average molecular weight is 293 g/mol. The van der Waals surface area contributed by atoms with Gasteiger partial charge in [-0.1, -0.05) is 29.5 Å². The first-order valence-electron chi connectivity index (χ1n) is 7.23. The third kappa shape index (κ3) is 2.18. The van der Waals surface area contributed by atoms with Crippen LogP contribution < -0.4 is 10.2 Å². The summed E-state index contributed by atoms with van der Waals surface area (Å²) in [6.45, 7) is 1.21. The second-order valence-corrected chi connectivity index (χ2v) is 5.30. The maximum atomic E-state index is 11.8. The Hall–Kier alpha value is -2.89. The lowest BCUT2D eigenvalue weighted by Crippen LogP contribution is -2.28. The first kappa shape index (κ1) is 12.8. The van der Waals surface area contributed by atoms with Crippen molar-refractivity contribution in [2.75, 3.05) is 16.8 Å². The van der Waals surface area contributed by atoms with Gasteiger partial charge in [-0.15, -0.1) is 5.10 Å². The summed E-state index contributed by atoms with van der Waals surface area (Å²) in [5.74, 6) is 0.0402. The van der Waals surface area contributed by atoms with Crippen LogP contribution in [0.15, 0.2) is 48.5 Å². The fourth-order valence-electron chi connectivity index (χ4n) is 2.76. The molecular weight excluding hydrogens is 278 g/mol. The highest BCUT2D eigenvalue weighted by Crippen LogP contribution is 2.29. The lowest BCUT2D eigenvalue weighted by molar-refractivity contribution is -0.115. The Labute approximate surface area is 127 Å². The third-order valence-corrected chi connectivity index (χ3v) is 3.85. The summed E-state index contributed by atoms with van der Waals surface area (Å²) >= 11 is 0. The number of rotatable bonds is 2. The topological polar surface area (TPSA) is 63.1 Å². The molecular formula is C16H15N5O. The Kier molecular flexibility index (Phi) is 3.00. The largest absolute Gasteiger partial charge is 0.350 e. The number of amides is 1. The van der Waals surface area contributed by atoms with Crippen LogP contribution >= 0.6 is 0 Å². The average Bonchev–Trinajstić information content (AvgIpc) is 2.87. The van der Waals surface area contributed by atoms with E-state index in [0.717, 1.165) is 22.4 Å². The number of carbonyl (C=O) groups excluding carboxylic acids is 1. The molecule has 0 fully saturated rings. The molecule has 0 spiro atoms. The van der Waals surface area contributed by atoms with E-state index in [4.69, 9.17) is 0 Å². The van der Waals surface area contributed by atoms with E-state index < -0.39 is 0 Å². The van der Waals surface area contributed by atoms with Gasteiger partial charge >= 0.3 is 0 Å². The van der Waals surface area contributed by atoms with Crippen molar-refractivity contribution in [2.45, 2.75) is 13.1 Å². The summed E-state index contributed by atoms with van der Waals surface area (Å²) in [7, 11) is 0. The monoisotopic (exact) mass is 293 g/mol. The zero-order valence-electron chi connectivity index (χ0n) is 11.9. The van der Waals surface area contributed by atoms with Crippen LogP contribution in [0, 0.1) is 0 Å². The fourth-order valence-corrected chi connectivity index (χ4v) is 2.76. The summed E-state index contributed by atoms with van der Waals surface area (Å²) < 4.78 is 1.86. The van der Waals surface area contributed by atoms with Gasteiger partial charge in [0.25, 0.3) is 0 Å². The van der Waals surface area contributed by atoms with Gasteiger partial charge in [0, 0.05) is 13.0 Å². The van der Waals surface area contributed by atoms with Crippen LogP contribution in [-0.2, 0) is 11.5 Å². The number of fused-ring (bicyclic) bond motifs is 2. The highest BCUT2D eigenvalue weighted by Gasteiger charge is 2.19. The Bertz CT molecular complexity index is 841. The van der Waals surface area contributed by atoms with Gasteiger partial charge in [-0.25, -0.2) is 4.68 Å². The van der Waals surface area contributed by atoms with Gasteiger partial charge in [-0.3, -0.25) is 4.79 Å². The third-order valence-electron chi connectivity index (χ3n) is 3.85. The van der Waals surface area contributed by atoms with Crippen LogP contribution in [0.3, 0.4) is 0 Å². The zero-order valence-corrected chi connectivity index (χ0v) is 11.9. The van der Waals surface area contributed by atoms with E-state index >= 15 is 0 Å². The molecule has 1 aliphatic rings. The Morgan fingerprint density at radius 3 is 2.86 bits per heavy atom. The van der Waals surface area contributed by atoms with Gasteiger partial charge in [-0.2, -0.15) is 0 Å². The van der Waals surface area contributed by atoms with Gasteiger partial charge in [0.05, 0.1) is 16.9 Å². The van der Waals surface area contributed by atoms with Crippen molar-refractivity contribution in [3.63, 3.8) is 0 Å². The maximum absolute atomic E-state index is 11.8. The number of aromatic nitrogens is 3. The predicted octanol–water partition coefficient (Wildman–Crippen LogP) is 2.24. The summed E-state index contributed by atoms with van der Waals surface area (Å²) in [5.41, 5.74) is 3.71. The van der Waals surface area contributed by atoms with Crippen LogP contribution in [0.2, 0.25) is 0 Å². The molecule has 1 amide bonds. The highest BCUT2D eigenvalue weighted by molar-refractivity contribution is 5.96. The van der Waals surface area contributed by atoms with Gasteiger partial charge < -0.3 is 10.2 Å². The van der Waals surface area contributed by atoms with Crippen molar-refractivity contribution in [3.05, 3.63) is 48.5 Å². The van der Waals surface area contributed by atoms with Crippen LogP contribution in [0.1, 0.15) is 6.42 Å². The highest BCUT2D eigenvalue weighted by atomic mass is 16.1. The standard InChI is InChI=1S/C16H15N5O/c22-16-9-10-20(14-7-3-1-5-12(14)17-16)11-21-15-8-4-2-6-13(15)18-19-21/h1-8H,9-11H2,(H,17,22). The maximum Gasteiger partial charge on any atom is 0.226 e. The summed E-state index contributed by atoms with van der Waals surface area (Å²) in [6.07, 6.45) is 0.460. The zero-order chi connectivity index (χ0) is 14.9. The summed E-state index contributed by atoms with van der Waals surface area (Å²) in [6, 6.07) is 15.7. The first-order chi connectivity index (χ1) is 10.8. The Morgan fingerprint density at radius 1 is 1.09 bits per heavy atom. The van der Waals surface area contributed by atoms with E-state index in [0.29, 0.717) is 19.6 Å². The molecule has 0 saturated carbocycles. The number of para-hydroxylation sites is 3. The number of hydrogen-bond acceptors (Lipinski definition) is 4. The molecule has 4 rings (SSSR count). The van der Waals surface area contributed by atoms with Crippen molar-refractivity contribution in [1.29, 1.82) is 0 Å². The Balaban J connectivity index is 1.72. The number of hydrogen-bond donors (Lipinski definition) is 1. The molecule has 2 heterocycles. The SMILES string of the molecule is O=C1CCN(Cn2nnc3ccccc32)c2ccccc2N1. The number of carbonyl (C=O) groups is 1. The molecule has 110 valence electrons. The molecule has 6 heteroatoms. The molecule has 3 aromatic rings. The van der Waals surface area contributed by atoms with Crippen LogP contribution in [0.5, 0.6) is 0 Å². The predicted molar refractivity (Wildman–Crippen MR) is 84.6 cm³/mol. The molecule has 22 heavy (non-hydrogen) atoms. The lowest BCUT2D eigenvalue weighted by atomic mass is 10.2. The first-order valence-corrected chi connectivity index (χ1v) is 7.23. The van der Waals surface area contributed by atoms with E-state index in [9.17, 15) is 4.79 Å². The van der Waals surface area contributed by atoms with Gasteiger partial charge in [0.1, 0.15) is 12.2 Å². The number of benzene rings is 2. The molecule has 1 aromatic heterocycles. The molecule has 0 unspecified atom stereocenters. The molecule has 0 saturated heterocycles. The van der Waals surface area contributed by atoms with E-state index in [1.807, 2.05) is 53.2 Å². The van der Waals surface area contributed by atoms with Gasteiger partial charge in [0.15, 0.2) is 0 Å². The number of nitrogens with zero attached hydrogens (tertiary/aromatic N) is 4. The quantitative estimate of drug-likeness (QED) is 0.787. The van der Waals surface area contributed by atoms with Crippen LogP contribution in [0.4, 0.5) is 11.4 Å². The fraction of sp³-hybridized carbons (Fsp3) is 0.188. The van der Waals surface area contributed by atoms with Crippen LogP contribution in [0.25, 0.3) is 11.0 Å². The van der Waals surface area contributed by atoms with Crippen molar-refractivity contribution in [1.82, 2.24) is 15.0 Å². The summed E-state index contributed by atoms with van der Waals surface area (Å²) in [4.78, 5) is 14.0. The minimum Gasteiger partial charge on any atom is -0.350 e. The minimum atomic E-state index is 0.0402. The lowest BCUT2D eigenvalue weighted by Gasteiger charge is -2.23. The molecule has 0 aliphatic carbocycles. The molecule has 1 aliphatic heterocycles. The molecule has 6 nitrogen and oxygen atoms in total. The second-order valence-electron chi connectivity index (χ2n) is 5.30. The number of anilines is 2. The van der Waals surface area contributed by atoms with E-state index in [1.165, 1.54) is 0 Å². The number of nitrogens with one attached hydrogen (secondary N) is 1. The summed E-state index contributed by atoms with van der Waals surface area (Å²) in [5, 5.41) is 11.4. The van der Waals surface area contributed by atoms with Crippen molar-refractivity contribution >= 4 is 28.3 Å². The molecule has 0 atom stereocenters. The van der Waals surface area contributed by atoms with Crippen LogP contribution in [-0.4, -0.2) is 27.4 Å².